The zero-order valence-electron chi connectivity index (χ0n) is 16.1. The average Bonchev–Trinajstić information content (AvgIpc) is 3.30. The molecule has 29 heavy (non-hydrogen) atoms. The number of aliphatic hydroxyl groups excluding tert-OH is 1. The van der Waals surface area contributed by atoms with Crippen molar-refractivity contribution in [3.05, 3.63) is 49.1 Å². The third-order valence-corrected chi connectivity index (χ3v) is 5.91. The van der Waals surface area contributed by atoms with Crippen molar-refractivity contribution in [1.29, 1.82) is 0 Å². The minimum absolute atomic E-state index is 0.000123. The van der Waals surface area contributed by atoms with Crippen LogP contribution in [0.1, 0.15) is 48.0 Å². The number of nitro benzene ring substituents is 2. The van der Waals surface area contributed by atoms with Crippen LogP contribution in [0, 0.1) is 27.2 Å². The summed E-state index contributed by atoms with van der Waals surface area (Å²) in [6.07, 6.45) is 3.50. The number of hydrogen-bond donors (Lipinski definition) is 1. The van der Waals surface area contributed by atoms with Crippen molar-refractivity contribution in [2.45, 2.75) is 51.7 Å². The molecule has 1 aromatic carbocycles. The number of nitro groups is 2. The van der Waals surface area contributed by atoms with E-state index in [0.717, 1.165) is 43.9 Å². The van der Waals surface area contributed by atoms with Gasteiger partial charge in [-0.05, 0) is 31.7 Å². The zero-order valence-corrected chi connectivity index (χ0v) is 16.1. The number of aryl methyl sites for hydroxylation is 1. The summed E-state index contributed by atoms with van der Waals surface area (Å²) in [4.78, 5) is 24.1. The Labute approximate surface area is 166 Å². The number of aliphatic hydroxyl groups is 1. The molecule has 2 aliphatic heterocycles. The number of hydrogen-bond acceptors (Lipinski definition) is 8. The lowest BCUT2D eigenvalue weighted by atomic mass is 9.95. The first kappa shape index (κ1) is 19.2. The summed E-state index contributed by atoms with van der Waals surface area (Å²) in [5, 5.41) is 41.7. The Kier molecular flexibility index (Phi) is 4.91. The van der Waals surface area contributed by atoms with E-state index in [1.54, 1.807) is 4.90 Å². The summed E-state index contributed by atoms with van der Waals surface area (Å²) in [5.41, 5.74) is -0.200. The number of nitrogens with zero attached hydrogens (tertiary/aromatic N) is 6. The standard InChI is InChI=1S/C18H22N6O5/c1-11-13(10-25)8-14(23(26)27)17(16(11)24(28)29)21-6-2-4-12(9-21)18-20-19-15-5-3-7-22(15)18/h8,12,25H,2-7,9-10H2,1H3. The smallest absolute Gasteiger partial charge is 0.302 e. The van der Waals surface area contributed by atoms with E-state index in [0.29, 0.717) is 13.1 Å². The molecular weight excluding hydrogens is 380 g/mol. The molecule has 1 saturated heterocycles. The molecule has 2 aliphatic rings. The maximum Gasteiger partial charge on any atom is 0.302 e. The molecule has 2 aromatic rings. The van der Waals surface area contributed by atoms with Gasteiger partial charge in [-0.15, -0.1) is 10.2 Å². The van der Waals surface area contributed by atoms with Crippen molar-refractivity contribution < 1.29 is 15.0 Å². The highest BCUT2D eigenvalue weighted by atomic mass is 16.6. The van der Waals surface area contributed by atoms with Gasteiger partial charge in [0.1, 0.15) is 11.6 Å². The van der Waals surface area contributed by atoms with Crippen molar-refractivity contribution in [3.63, 3.8) is 0 Å². The summed E-state index contributed by atoms with van der Waals surface area (Å²) in [5.74, 6) is 1.81. The first-order valence-corrected chi connectivity index (χ1v) is 9.65. The van der Waals surface area contributed by atoms with Gasteiger partial charge in [0.05, 0.1) is 16.5 Å². The minimum atomic E-state index is -0.612. The lowest BCUT2D eigenvalue weighted by molar-refractivity contribution is -0.393. The van der Waals surface area contributed by atoms with Crippen LogP contribution in [0.5, 0.6) is 0 Å². The Morgan fingerprint density at radius 1 is 1.21 bits per heavy atom. The summed E-state index contributed by atoms with van der Waals surface area (Å²) >= 11 is 0. The predicted octanol–water partition coefficient (Wildman–Crippen LogP) is 2.23. The first-order valence-electron chi connectivity index (χ1n) is 9.65. The van der Waals surface area contributed by atoms with Crippen LogP contribution < -0.4 is 4.90 Å². The number of rotatable bonds is 5. The molecule has 0 radical (unpaired) electrons. The van der Waals surface area contributed by atoms with E-state index in [2.05, 4.69) is 14.8 Å². The van der Waals surface area contributed by atoms with E-state index < -0.39 is 16.5 Å². The topological polar surface area (TPSA) is 140 Å². The van der Waals surface area contributed by atoms with Crippen LogP contribution in [0.25, 0.3) is 0 Å². The Hall–Kier alpha value is -3.08. The molecule has 1 atom stereocenters. The lowest BCUT2D eigenvalue weighted by Crippen LogP contribution is -2.36. The molecule has 3 heterocycles. The largest absolute Gasteiger partial charge is 0.392 e. The van der Waals surface area contributed by atoms with Crippen molar-refractivity contribution in [2.75, 3.05) is 18.0 Å². The highest BCUT2D eigenvalue weighted by molar-refractivity contribution is 5.79. The highest BCUT2D eigenvalue weighted by Crippen LogP contribution is 2.44. The maximum absolute atomic E-state index is 11.8. The molecule has 0 bridgehead atoms. The number of aromatic nitrogens is 3. The number of benzene rings is 1. The molecule has 0 aliphatic carbocycles. The maximum atomic E-state index is 11.8. The van der Waals surface area contributed by atoms with Gasteiger partial charge in [-0.2, -0.15) is 0 Å². The van der Waals surface area contributed by atoms with Crippen LogP contribution in [0.3, 0.4) is 0 Å². The van der Waals surface area contributed by atoms with Crippen molar-refractivity contribution in [2.24, 2.45) is 0 Å². The second kappa shape index (κ2) is 7.39. The minimum Gasteiger partial charge on any atom is -0.392 e. The third-order valence-electron chi connectivity index (χ3n) is 5.91. The average molecular weight is 402 g/mol. The van der Waals surface area contributed by atoms with Gasteiger partial charge in [0, 0.05) is 43.6 Å². The van der Waals surface area contributed by atoms with Crippen molar-refractivity contribution >= 4 is 17.1 Å². The van der Waals surface area contributed by atoms with E-state index in [9.17, 15) is 25.3 Å². The van der Waals surface area contributed by atoms with Crippen molar-refractivity contribution in [1.82, 2.24) is 14.8 Å². The second-order valence-electron chi connectivity index (χ2n) is 7.56. The summed E-state index contributed by atoms with van der Waals surface area (Å²) < 4.78 is 2.11. The van der Waals surface area contributed by atoms with E-state index in [1.807, 2.05) is 0 Å². The van der Waals surface area contributed by atoms with Gasteiger partial charge < -0.3 is 14.6 Å². The Morgan fingerprint density at radius 3 is 2.69 bits per heavy atom. The Morgan fingerprint density at radius 2 is 2.00 bits per heavy atom. The fourth-order valence-corrected chi connectivity index (χ4v) is 4.50. The molecule has 1 unspecified atom stereocenters. The molecule has 1 N–H and O–H groups in total. The molecule has 4 rings (SSSR count). The van der Waals surface area contributed by atoms with Crippen LogP contribution in [0.2, 0.25) is 0 Å². The predicted molar refractivity (Wildman–Crippen MR) is 103 cm³/mol. The molecule has 1 aromatic heterocycles. The Bertz CT molecular complexity index is 988. The van der Waals surface area contributed by atoms with Crippen LogP contribution >= 0.6 is 0 Å². The number of anilines is 1. The second-order valence-corrected chi connectivity index (χ2v) is 7.56. The van der Waals surface area contributed by atoms with Crippen LogP contribution in [-0.2, 0) is 19.6 Å². The van der Waals surface area contributed by atoms with E-state index in [1.165, 1.54) is 13.0 Å². The van der Waals surface area contributed by atoms with Gasteiger partial charge in [0.25, 0.3) is 5.69 Å². The molecule has 0 amide bonds. The summed E-state index contributed by atoms with van der Waals surface area (Å²) in [6.45, 7) is 2.76. The lowest BCUT2D eigenvalue weighted by Gasteiger charge is -2.33. The SMILES string of the molecule is Cc1c(CO)cc([N+](=O)[O-])c(N2CCCC(c3nnc4n3CCC4)C2)c1[N+](=O)[O-]. The molecule has 154 valence electrons. The van der Waals surface area contributed by atoms with Crippen LogP contribution in [0.15, 0.2) is 6.07 Å². The Balaban J connectivity index is 1.78. The van der Waals surface area contributed by atoms with Gasteiger partial charge >= 0.3 is 5.69 Å². The number of fused-ring (bicyclic) bond motifs is 1. The van der Waals surface area contributed by atoms with E-state index in [4.69, 9.17) is 0 Å². The van der Waals surface area contributed by atoms with Crippen LogP contribution in [-0.4, -0.2) is 42.8 Å². The third kappa shape index (κ3) is 3.20. The monoisotopic (exact) mass is 402 g/mol. The summed E-state index contributed by atoms with van der Waals surface area (Å²) in [6, 6.07) is 1.25. The molecule has 11 nitrogen and oxygen atoms in total. The van der Waals surface area contributed by atoms with E-state index >= 15 is 0 Å². The van der Waals surface area contributed by atoms with Gasteiger partial charge in [0.2, 0.25) is 0 Å². The molecule has 1 fully saturated rings. The quantitative estimate of drug-likeness (QED) is 0.593. The van der Waals surface area contributed by atoms with E-state index in [-0.39, 0.29) is 34.1 Å². The number of piperidine rings is 1. The molecule has 0 spiro atoms. The first-order chi connectivity index (χ1) is 13.9. The van der Waals surface area contributed by atoms with Gasteiger partial charge in [-0.3, -0.25) is 20.2 Å². The normalized spacial score (nSPS) is 18.7. The molecular formula is C18H22N6O5. The highest BCUT2D eigenvalue weighted by Gasteiger charge is 2.37. The molecule has 11 heteroatoms. The fraction of sp³-hybridized carbons (Fsp3) is 0.556. The zero-order chi connectivity index (χ0) is 20.7. The van der Waals surface area contributed by atoms with Gasteiger partial charge in [0.15, 0.2) is 5.69 Å². The summed E-state index contributed by atoms with van der Waals surface area (Å²) in [7, 11) is 0. The fourth-order valence-electron chi connectivity index (χ4n) is 4.50. The van der Waals surface area contributed by atoms with Gasteiger partial charge in [-0.1, -0.05) is 0 Å². The molecule has 0 saturated carbocycles. The van der Waals surface area contributed by atoms with Crippen LogP contribution in [0.4, 0.5) is 17.1 Å². The van der Waals surface area contributed by atoms with Gasteiger partial charge in [-0.25, -0.2) is 0 Å². The van der Waals surface area contributed by atoms with Crippen molar-refractivity contribution in [3.8, 4) is 0 Å².